The topological polar surface area (TPSA) is 52.6 Å². The van der Waals surface area contributed by atoms with Gasteiger partial charge in [-0.15, -0.1) is 11.3 Å². The standard InChI is InChI=1S/C19H26FN5S/c1-3-18-23-16(13-26-18)11-22-19(21-2)24-15-7-5-9-25(12-15)17-8-4-6-14(20)10-17/h4,6,8,10,13,15H,3,5,7,9,11-12H2,1-2H3,(H2,21,22,24). The van der Waals surface area contributed by atoms with Crippen LogP contribution in [0.25, 0.3) is 0 Å². The average Bonchev–Trinajstić information content (AvgIpc) is 3.13. The van der Waals surface area contributed by atoms with Crippen molar-refractivity contribution in [1.82, 2.24) is 15.6 Å². The molecule has 0 saturated carbocycles. The Bertz CT molecular complexity index is 745. The highest BCUT2D eigenvalue weighted by Gasteiger charge is 2.21. The molecule has 1 saturated heterocycles. The predicted octanol–water partition coefficient (Wildman–Crippen LogP) is 3.18. The fourth-order valence-corrected chi connectivity index (χ4v) is 3.90. The van der Waals surface area contributed by atoms with Crippen molar-refractivity contribution in [3.05, 3.63) is 46.2 Å². The number of piperidine rings is 1. The largest absolute Gasteiger partial charge is 0.369 e. The van der Waals surface area contributed by atoms with Gasteiger partial charge in [0.05, 0.1) is 17.2 Å². The SMILES string of the molecule is CCc1nc(CNC(=NC)NC2CCCN(c3cccc(F)c3)C2)cs1. The summed E-state index contributed by atoms with van der Waals surface area (Å²) in [7, 11) is 1.78. The minimum absolute atomic E-state index is 0.190. The van der Waals surface area contributed by atoms with E-state index in [2.05, 4.69) is 37.8 Å². The van der Waals surface area contributed by atoms with Gasteiger partial charge in [0.2, 0.25) is 0 Å². The number of hydrogen-bond donors (Lipinski definition) is 2. The number of nitrogens with one attached hydrogen (secondary N) is 2. The van der Waals surface area contributed by atoms with Gasteiger partial charge in [-0.1, -0.05) is 13.0 Å². The average molecular weight is 376 g/mol. The van der Waals surface area contributed by atoms with E-state index < -0.39 is 0 Å². The summed E-state index contributed by atoms with van der Waals surface area (Å²) in [6.45, 7) is 4.56. The lowest BCUT2D eigenvalue weighted by Crippen LogP contribution is -2.51. The Labute approximate surface area is 158 Å². The molecule has 0 spiro atoms. The number of hydrogen-bond acceptors (Lipinski definition) is 4. The number of thiazole rings is 1. The van der Waals surface area contributed by atoms with Gasteiger partial charge in [0.15, 0.2) is 5.96 Å². The maximum atomic E-state index is 13.5. The van der Waals surface area contributed by atoms with Gasteiger partial charge in [-0.05, 0) is 37.5 Å². The fourth-order valence-electron chi connectivity index (χ4n) is 3.16. The molecule has 2 aromatic rings. The first-order chi connectivity index (χ1) is 12.7. The second kappa shape index (κ2) is 8.98. The molecular weight excluding hydrogens is 349 g/mol. The molecule has 7 heteroatoms. The smallest absolute Gasteiger partial charge is 0.191 e. The van der Waals surface area contributed by atoms with E-state index in [9.17, 15) is 4.39 Å². The lowest BCUT2D eigenvalue weighted by atomic mass is 10.0. The van der Waals surface area contributed by atoms with Crippen LogP contribution in [-0.2, 0) is 13.0 Å². The van der Waals surface area contributed by atoms with Crippen LogP contribution >= 0.6 is 11.3 Å². The van der Waals surface area contributed by atoms with Crippen molar-refractivity contribution < 1.29 is 4.39 Å². The highest BCUT2D eigenvalue weighted by Crippen LogP contribution is 2.20. The van der Waals surface area contributed by atoms with E-state index in [0.717, 1.165) is 54.7 Å². The normalized spacial score (nSPS) is 18.0. The number of guanidine groups is 1. The second-order valence-corrected chi connectivity index (χ2v) is 7.36. The van der Waals surface area contributed by atoms with Crippen molar-refractivity contribution in [2.45, 2.75) is 38.8 Å². The Hall–Kier alpha value is -2.15. The first kappa shape index (κ1) is 18.6. The number of aromatic nitrogens is 1. The lowest BCUT2D eigenvalue weighted by molar-refractivity contribution is 0.467. The van der Waals surface area contributed by atoms with Gasteiger partial charge in [-0.3, -0.25) is 4.99 Å². The number of anilines is 1. The quantitative estimate of drug-likeness (QED) is 0.623. The molecule has 0 bridgehead atoms. The number of aliphatic imine (C=N–C) groups is 1. The van der Waals surface area contributed by atoms with Crippen LogP contribution in [0.5, 0.6) is 0 Å². The first-order valence-electron chi connectivity index (χ1n) is 9.09. The Morgan fingerprint density at radius 3 is 3.08 bits per heavy atom. The van der Waals surface area contributed by atoms with E-state index in [1.54, 1.807) is 30.5 Å². The van der Waals surface area contributed by atoms with Crippen molar-refractivity contribution >= 4 is 23.0 Å². The third-order valence-electron chi connectivity index (χ3n) is 4.50. The minimum atomic E-state index is -0.190. The third kappa shape index (κ3) is 4.94. The van der Waals surface area contributed by atoms with Crippen molar-refractivity contribution in [2.24, 2.45) is 4.99 Å². The molecule has 1 fully saturated rings. The van der Waals surface area contributed by atoms with Gasteiger partial charge < -0.3 is 15.5 Å². The summed E-state index contributed by atoms with van der Waals surface area (Å²) in [6, 6.07) is 7.09. The Balaban J connectivity index is 1.54. The van der Waals surface area contributed by atoms with E-state index in [1.165, 1.54) is 6.07 Å². The van der Waals surface area contributed by atoms with Gasteiger partial charge in [0.25, 0.3) is 0 Å². The van der Waals surface area contributed by atoms with Gasteiger partial charge >= 0.3 is 0 Å². The number of nitrogens with zero attached hydrogens (tertiary/aromatic N) is 3. The summed E-state index contributed by atoms with van der Waals surface area (Å²) in [5, 5.41) is 10.1. The van der Waals surface area contributed by atoms with Crippen molar-refractivity contribution in [3.8, 4) is 0 Å². The number of rotatable bonds is 5. The summed E-state index contributed by atoms with van der Waals surface area (Å²) in [6.07, 6.45) is 3.11. The highest BCUT2D eigenvalue weighted by atomic mass is 32.1. The Morgan fingerprint density at radius 1 is 1.46 bits per heavy atom. The molecule has 0 amide bonds. The van der Waals surface area contributed by atoms with Crippen molar-refractivity contribution in [3.63, 3.8) is 0 Å². The molecule has 1 aliphatic rings. The predicted molar refractivity (Wildman–Crippen MR) is 106 cm³/mol. The fraction of sp³-hybridized carbons (Fsp3) is 0.474. The maximum Gasteiger partial charge on any atom is 0.191 e. The summed E-state index contributed by atoms with van der Waals surface area (Å²) in [4.78, 5) is 11.1. The lowest BCUT2D eigenvalue weighted by Gasteiger charge is -2.35. The molecule has 0 radical (unpaired) electrons. The van der Waals surface area contributed by atoms with Gasteiger partial charge in [-0.25, -0.2) is 9.37 Å². The van der Waals surface area contributed by atoms with E-state index >= 15 is 0 Å². The zero-order valence-corrected chi connectivity index (χ0v) is 16.2. The summed E-state index contributed by atoms with van der Waals surface area (Å²) >= 11 is 1.69. The van der Waals surface area contributed by atoms with Crippen LogP contribution in [0.4, 0.5) is 10.1 Å². The molecule has 3 rings (SSSR count). The minimum Gasteiger partial charge on any atom is -0.369 e. The van der Waals surface area contributed by atoms with Crippen molar-refractivity contribution in [1.29, 1.82) is 0 Å². The van der Waals surface area contributed by atoms with Crippen LogP contribution in [-0.4, -0.2) is 37.1 Å². The summed E-state index contributed by atoms with van der Waals surface area (Å²) < 4.78 is 13.5. The van der Waals surface area contributed by atoms with E-state index in [1.807, 2.05) is 6.07 Å². The zero-order chi connectivity index (χ0) is 18.4. The Morgan fingerprint density at radius 2 is 2.35 bits per heavy atom. The maximum absolute atomic E-state index is 13.5. The molecule has 1 atom stereocenters. The van der Waals surface area contributed by atoms with Crippen LogP contribution in [0.1, 0.15) is 30.5 Å². The van der Waals surface area contributed by atoms with Gasteiger partial charge in [0, 0.05) is 37.2 Å². The zero-order valence-electron chi connectivity index (χ0n) is 15.3. The molecule has 2 heterocycles. The molecule has 5 nitrogen and oxygen atoms in total. The third-order valence-corrected chi connectivity index (χ3v) is 5.54. The highest BCUT2D eigenvalue weighted by molar-refractivity contribution is 7.09. The van der Waals surface area contributed by atoms with Crippen LogP contribution in [0.15, 0.2) is 34.6 Å². The molecule has 0 aliphatic carbocycles. The van der Waals surface area contributed by atoms with E-state index in [4.69, 9.17) is 0 Å². The second-order valence-electron chi connectivity index (χ2n) is 6.42. The molecule has 140 valence electrons. The van der Waals surface area contributed by atoms with Crippen LogP contribution in [0, 0.1) is 5.82 Å². The van der Waals surface area contributed by atoms with Gasteiger partial charge in [-0.2, -0.15) is 0 Å². The molecule has 1 aliphatic heterocycles. The van der Waals surface area contributed by atoms with Crippen molar-refractivity contribution in [2.75, 3.05) is 25.0 Å². The number of aryl methyl sites for hydroxylation is 1. The summed E-state index contributed by atoms with van der Waals surface area (Å²) in [5.41, 5.74) is 1.98. The van der Waals surface area contributed by atoms with Gasteiger partial charge in [0.1, 0.15) is 5.82 Å². The molecular formula is C19H26FN5S. The summed E-state index contributed by atoms with van der Waals surface area (Å²) in [5.74, 6) is 0.590. The Kier molecular flexibility index (Phi) is 6.44. The van der Waals surface area contributed by atoms with Crippen LogP contribution in [0.3, 0.4) is 0 Å². The molecule has 1 unspecified atom stereocenters. The molecule has 26 heavy (non-hydrogen) atoms. The number of benzene rings is 1. The molecule has 1 aromatic heterocycles. The van der Waals surface area contributed by atoms with Crippen LogP contribution < -0.4 is 15.5 Å². The number of halogens is 1. The van der Waals surface area contributed by atoms with E-state index in [0.29, 0.717) is 6.54 Å². The monoisotopic (exact) mass is 375 g/mol. The molecule has 2 N–H and O–H groups in total. The first-order valence-corrected chi connectivity index (χ1v) is 9.97. The van der Waals surface area contributed by atoms with E-state index in [-0.39, 0.29) is 11.9 Å². The van der Waals surface area contributed by atoms with Crippen LogP contribution in [0.2, 0.25) is 0 Å². The molecule has 1 aromatic carbocycles.